The fourth-order valence-electron chi connectivity index (χ4n) is 3.26. The van der Waals surface area contributed by atoms with Crippen LogP contribution in [0.25, 0.3) is 11.0 Å². The quantitative estimate of drug-likeness (QED) is 0.544. The van der Waals surface area contributed by atoms with Crippen molar-refractivity contribution < 1.29 is 9.84 Å². The summed E-state index contributed by atoms with van der Waals surface area (Å²) < 4.78 is 5.88. The van der Waals surface area contributed by atoms with E-state index >= 15 is 0 Å². The number of aromatic hydroxyl groups is 1. The van der Waals surface area contributed by atoms with E-state index in [1.807, 2.05) is 25.1 Å². The van der Waals surface area contributed by atoms with E-state index in [1.54, 1.807) is 23.0 Å². The van der Waals surface area contributed by atoms with E-state index in [9.17, 15) is 5.11 Å². The molecule has 28 heavy (non-hydrogen) atoms. The topological polar surface area (TPSA) is 60.2 Å². The van der Waals surface area contributed by atoms with Gasteiger partial charge in [-0.15, -0.1) is 5.10 Å². The van der Waals surface area contributed by atoms with Crippen LogP contribution in [0.15, 0.2) is 43.0 Å². The number of aromatic nitrogens is 3. The van der Waals surface area contributed by atoms with Crippen LogP contribution in [-0.2, 0) is 5.41 Å². The first-order valence-corrected chi connectivity index (χ1v) is 9.76. The maximum atomic E-state index is 10.3. The van der Waals surface area contributed by atoms with Crippen molar-refractivity contribution in [3.8, 4) is 11.5 Å². The fourth-order valence-corrected chi connectivity index (χ4v) is 3.74. The van der Waals surface area contributed by atoms with Crippen LogP contribution in [0.1, 0.15) is 51.3 Å². The van der Waals surface area contributed by atoms with E-state index in [2.05, 4.69) is 32.4 Å². The van der Waals surface area contributed by atoms with Gasteiger partial charge >= 0.3 is 0 Å². The van der Waals surface area contributed by atoms with Gasteiger partial charge in [-0.05, 0) is 29.5 Å². The summed E-state index contributed by atoms with van der Waals surface area (Å²) in [5.41, 5.74) is 2.86. The Labute approximate surface area is 170 Å². The molecular formula is C22H26ClN3O2. The van der Waals surface area contributed by atoms with Crippen molar-refractivity contribution in [2.24, 2.45) is 0 Å². The average molecular weight is 400 g/mol. The standard InChI is InChI=1S/C22H26ClN3O2/c1-6-12-28-21-19(23)15(22(3,4)5)13-16-20(21)25-26(24-16)17(7-2)14-10-8-9-11-18(14)27/h6,8-11,13,17,27H,1,7,12H2,2-5H3. The van der Waals surface area contributed by atoms with E-state index in [1.165, 1.54) is 0 Å². The fraction of sp³-hybridized carbons (Fsp3) is 0.364. The molecule has 0 bridgehead atoms. The molecule has 0 spiro atoms. The molecule has 1 unspecified atom stereocenters. The molecule has 1 aromatic heterocycles. The third-order valence-corrected chi connectivity index (χ3v) is 5.08. The van der Waals surface area contributed by atoms with Gasteiger partial charge in [-0.2, -0.15) is 9.90 Å². The van der Waals surface area contributed by atoms with Crippen molar-refractivity contribution in [2.75, 3.05) is 6.61 Å². The molecule has 1 N–H and O–H groups in total. The minimum atomic E-state index is -0.197. The first-order valence-electron chi connectivity index (χ1n) is 9.39. The molecule has 0 fully saturated rings. The lowest BCUT2D eigenvalue weighted by atomic mass is 9.86. The third-order valence-electron chi connectivity index (χ3n) is 4.70. The van der Waals surface area contributed by atoms with Gasteiger partial charge in [0.1, 0.15) is 17.9 Å². The molecule has 5 nitrogen and oxygen atoms in total. The second-order valence-corrected chi connectivity index (χ2v) is 8.17. The summed E-state index contributed by atoms with van der Waals surface area (Å²) in [6.07, 6.45) is 2.40. The number of benzene rings is 2. The van der Waals surface area contributed by atoms with Crippen molar-refractivity contribution >= 4 is 22.6 Å². The Balaban J connectivity index is 2.21. The number of phenols is 1. The summed E-state index contributed by atoms with van der Waals surface area (Å²) in [6, 6.07) is 9.04. The summed E-state index contributed by atoms with van der Waals surface area (Å²) in [6.45, 7) is 12.4. The maximum absolute atomic E-state index is 10.3. The van der Waals surface area contributed by atoms with E-state index in [0.717, 1.165) is 17.5 Å². The summed E-state index contributed by atoms with van der Waals surface area (Å²) in [7, 11) is 0. The highest BCUT2D eigenvalue weighted by Gasteiger charge is 2.26. The lowest BCUT2D eigenvalue weighted by Gasteiger charge is -2.22. The number of para-hydroxylation sites is 1. The Morgan fingerprint density at radius 2 is 2.00 bits per heavy atom. The van der Waals surface area contributed by atoms with Crippen LogP contribution in [0.3, 0.4) is 0 Å². The Kier molecular flexibility index (Phi) is 5.66. The smallest absolute Gasteiger partial charge is 0.168 e. The highest BCUT2D eigenvalue weighted by Crippen LogP contribution is 2.41. The lowest BCUT2D eigenvalue weighted by molar-refractivity contribution is 0.364. The van der Waals surface area contributed by atoms with Crippen LogP contribution in [0.5, 0.6) is 11.5 Å². The zero-order valence-electron chi connectivity index (χ0n) is 16.7. The Morgan fingerprint density at radius 1 is 1.29 bits per heavy atom. The van der Waals surface area contributed by atoms with Crippen LogP contribution in [0, 0.1) is 0 Å². The zero-order chi connectivity index (χ0) is 20.5. The van der Waals surface area contributed by atoms with Crippen molar-refractivity contribution in [2.45, 2.75) is 45.6 Å². The molecule has 1 heterocycles. The van der Waals surface area contributed by atoms with E-state index in [-0.39, 0.29) is 17.2 Å². The van der Waals surface area contributed by atoms with Gasteiger partial charge in [0.25, 0.3) is 0 Å². The first-order chi connectivity index (χ1) is 13.3. The van der Waals surface area contributed by atoms with Crippen LogP contribution in [0.4, 0.5) is 0 Å². The predicted molar refractivity (Wildman–Crippen MR) is 113 cm³/mol. The summed E-state index contributed by atoms with van der Waals surface area (Å²) in [5.74, 6) is 0.745. The molecule has 0 amide bonds. The van der Waals surface area contributed by atoms with E-state index < -0.39 is 0 Å². The number of hydrogen-bond donors (Lipinski definition) is 1. The molecule has 0 aliphatic rings. The summed E-state index contributed by atoms with van der Waals surface area (Å²) in [4.78, 5) is 1.64. The summed E-state index contributed by atoms with van der Waals surface area (Å²) in [5, 5.41) is 20.2. The van der Waals surface area contributed by atoms with Crippen LogP contribution >= 0.6 is 11.6 Å². The number of hydrogen-bond acceptors (Lipinski definition) is 4. The first kappa shape index (κ1) is 20.2. The van der Waals surface area contributed by atoms with Crippen LogP contribution in [0.2, 0.25) is 5.02 Å². The highest BCUT2D eigenvalue weighted by atomic mass is 35.5. The monoisotopic (exact) mass is 399 g/mol. The number of halogens is 1. The van der Waals surface area contributed by atoms with Crippen molar-refractivity contribution in [1.29, 1.82) is 0 Å². The van der Waals surface area contributed by atoms with E-state index in [4.69, 9.17) is 21.4 Å². The second-order valence-electron chi connectivity index (χ2n) is 7.79. The van der Waals surface area contributed by atoms with Crippen LogP contribution in [-0.4, -0.2) is 26.7 Å². The normalized spacial score (nSPS) is 12.9. The van der Waals surface area contributed by atoms with Crippen molar-refractivity contribution in [3.63, 3.8) is 0 Å². The number of ether oxygens (including phenoxy) is 1. The lowest BCUT2D eigenvalue weighted by Crippen LogP contribution is -2.13. The molecule has 0 saturated heterocycles. The van der Waals surface area contributed by atoms with Gasteiger partial charge < -0.3 is 9.84 Å². The van der Waals surface area contributed by atoms with Gasteiger partial charge in [0, 0.05) is 5.56 Å². The van der Waals surface area contributed by atoms with Gasteiger partial charge in [0.05, 0.1) is 11.1 Å². The molecule has 2 aromatic carbocycles. The van der Waals surface area contributed by atoms with Crippen molar-refractivity contribution in [3.05, 3.63) is 59.1 Å². The molecular weight excluding hydrogens is 374 g/mol. The zero-order valence-corrected chi connectivity index (χ0v) is 17.5. The number of rotatable bonds is 6. The predicted octanol–water partition coefficient (Wildman–Crippen LogP) is 5.65. The Hall–Kier alpha value is -2.53. The Morgan fingerprint density at radius 3 is 2.61 bits per heavy atom. The maximum Gasteiger partial charge on any atom is 0.168 e. The average Bonchev–Trinajstić information content (AvgIpc) is 3.05. The SMILES string of the molecule is C=CCOc1c(Cl)c(C(C)(C)C)cc2nn(C(CC)c3ccccc3O)nc12. The third kappa shape index (κ3) is 3.72. The Bertz CT molecular complexity index is 1000. The van der Waals surface area contributed by atoms with Gasteiger partial charge in [-0.1, -0.05) is 70.1 Å². The molecule has 3 rings (SSSR count). The van der Waals surface area contributed by atoms with Crippen LogP contribution < -0.4 is 4.74 Å². The second kappa shape index (κ2) is 7.84. The van der Waals surface area contributed by atoms with Gasteiger partial charge in [0.15, 0.2) is 11.3 Å². The minimum absolute atomic E-state index is 0.177. The molecule has 1 atom stereocenters. The summed E-state index contributed by atoms with van der Waals surface area (Å²) >= 11 is 6.70. The number of nitrogens with zero attached hydrogens (tertiary/aromatic N) is 3. The number of phenolic OH excluding ortho intramolecular Hbond substituents is 1. The molecule has 0 saturated carbocycles. The molecule has 0 radical (unpaired) electrons. The molecule has 3 aromatic rings. The molecule has 0 aliphatic carbocycles. The van der Waals surface area contributed by atoms with Gasteiger partial charge in [0.2, 0.25) is 0 Å². The molecule has 148 valence electrons. The van der Waals surface area contributed by atoms with Gasteiger partial charge in [-0.25, -0.2) is 0 Å². The van der Waals surface area contributed by atoms with Gasteiger partial charge in [-0.3, -0.25) is 0 Å². The highest BCUT2D eigenvalue weighted by molar-refractivity contribution is 6.34. The van der Waals surface area contributed by atoms with E-state index in [0.29, 0.717) is 28.4 Å². The van der Waals surface area contributed by atoms with Crippen molar-refractivity contribution in [1.82, 2.24) is 15.0 Å². The molecule has 0 aliphatic heterocycles. The molecule has 6 heteroatoms. The largest absolute Gasteiger partial charge is 0.508 e. The minimum Gasteiger partial charge on any atom is -0.508 e. The number of fused-ring (bicyclic) bond motifs is 1.